The van der Waals surface area contributed by atoms with E-state index in [1.807, 2.05) is 0 Å². The van der Waals surface area contributed by atoms with Gasteiger partial charge in [0.1, 0.15) is 6.61 Å². The minimum Gasteiger partial charge on any atom is -0.399 e. The van der Waals surface area contributed by atoms with Crippen LogP contribution in [-0.2, 0) is 4.74 Å². The average Bonchev–Trinajstić information content (AvgIpc) is 2.13. The number of nitrogen functional groups attached to an aromatic ring is 1. The molecule has 0 spiro atoms. The lowest BCUT2D eigenvalue weighted by Crippen LogP contribution is -2.18. The van der Waals surface area contributed by atoms with Crippen LogP contribution in [0.3, 0.4) is 0 Å². The SMILES string of the molecule is CC(OCC(F)(F)F)c1cccc(N)c1. The van der Waals surface area contributed by atoms with Crippen LogP contribution in [0.15, 0.2) is 24.3 Å². The van der Waals surface area contributed by atoms with Crippen molar-refractivity contribution in [2.24, 2.45) is 0 Å². The van der Waals surface area contributed by atoms with E-state index in [0.29, 0.717) is 11.3 Å². The molecule has 15 heavy (non-hydrogen) atoms. The number of alkyl halides is 3. The zero-order valence-electron chi connectivity index (χ0n) is 8.21. The first-order valence-electron chi connectivity index (χ1n) is 4.42. The normalized spacial score (nSPS) is 13.9. The predicted octanol–water partition coefficient (Wildman–Crippen LogP) is 2.91. The van der Waals surface area contributed by atoms with Crippen LogP contribution in [0, 0.1) is 0 Å². The van der Waals surface area contributed by atoms with E-state index in [1.165, 1.54) is 0 Å². The molecule has 1 aromatic carbocycles. The van der Waals surface area contributed by atoms with Crippen molar-refractivity contribution in [2.75, 3.05) is 12.3 Å². The van der Waals surface area contributed by atoms with Gasteiger partial charge in [0.2, 0.25) is 0 Å². The molecule has 1 unspecified atom stereocenters. The molecule has 0 fully saturated rings. The van der Waals surface area contributed by atoms with E-state index in [4.69, 9.17) is 5.73 Å². The van der Waals surface area contributed by atoms with Crippen molar-refractivity contribution in [1.82, 2.24) is 0 Å². The summed E-state index contributed by atoms with van der Waals surface area (Å²) in [6.45, 7) is 0.309. The minimum absolute atomic E-state index is 0.509. The van der Waals surface area contributed by atoms with Crippen molar-refractivity contribution in [1.29, 1.82) is 0 Å². The maximum atomic E-state index is 11.9. The van der Waals surface area contributed by atoms with E-state index in [1.54, 1.807) is 31.2 Å². The number of halogens is 3. The summed E-state index contributed by atoms with van der Waals surface area (Å²) < 4.78 is 40.3. The monoisotopic (exact) mass is 219 g/mol. The van der Waals surface area contributed by atoms with E-state index in [0.717, 1.165) is 0 Å². The lowest BCUT2D eigenvalue weighted by atomic mass is 10.1. The van der Waals surface area contributed by atoms with Gasteiger partial charge in [-0.2, -0.15) is 13.2 Å². The molecule has 2 nitrogen and oxygen atoms in total. The van der Waals surface area contributed by atoms with Crippen molar-refractivity contribution in [3.05, 3.63) is 29.8 Å². The first-order valence-corrected chi connectivity index (χ1v) is 4.42. The van der Waals surface area contributed by atoms with Gasteiger partial charge in [-0.15, -0.1) is 0 Å². The van der Waals surface area contributed by atoms with E-state index >= 15 is 0 Å². The van der Waals surface area contributed by atoms with E-state index in [9.17, 15) is 13.2 Å². The molecule has 1 aromatic rings. The number of anilines is 1. The van der Waals surface area contributed by atoms with Gasteiger partial charge in [-0.3, -0.25) is 0 Å². The van der Waals surface area contributed by atoms with Crippen LogP contribution in [0.1, 0.15) is 18.6 Å². The van der Waals surface area contributed by atoms with Gasteiger partial charge in [-0.25, -0.2) is 0 Å². The summed E-state index contributed by atoms with van der Waals surface area (Å²) in [5, 5.41) is 0. The molecule has 1 rings (SSSR count). The zero-order valence-corrected chi connectivity index (χ0v) is 8.21. The van der Waals surface area contributed by atoms with Crippen molar-refractivity contribution in [3.63, 3.8) is 0 Å². The second-order valence-electron chi connectivity index (χ2n) is 3.24. The highest BCUT2D eigenvalue weighted by Gasteiger charge is 2.28. The molecular weight excluding hydrogens is 207 g/mol. The smallest absolute Gasteiger partial charge is 0.399 e. The summed E-state index contributed by atoms with van der Waals surface area (Å²) in [5.74, 6) is 0. The lowest BCUT2D eigenvalue weighted by Gasteiger charge is -2.15. The van der Waals surface area contributed by atoms with Crippen molar-refractivity contribution >= 4 is 5.69 Å². The maximum absolute atomic E-state index is 11.9. The Hall–Kier alpha value is -1.23. The van der Waals surface area contributed by atoms with Crippen molar-refractivity contribution in [2.45, 2.75) is 19.2 Å². The molecule has 0 aliphatic heterocycles. The molecule has 84 valence electrons. The van der Waals surface area contributed by atoms with Gasteiger partial charge < -0.3 is 10.5 Å². The third-order valence-corrected chi connectivity index (χ3v) is 1.88. The molecule has 0 bridgehead atoms. The second-order valence-corrected chi connectivity index (χ2v) is 3.24. The molecule has 0 aromatic heterocycles. The largest absolute Gasteiger partial charge is 0.411 e. The van der Waals surface area contributed by atoms with Crippen molar-refractivity contribution in [3.8, 4) is 0 Å². The van der Waals surface area contributed by atoms with E-state index < -0.39 is 18.9 Å². The van der Waals surface area contributed by atoms with Gasteiger partial charge in [0.05, 0.1) is 6.10 Å². The van der Waals surface area contributed by atoms with Gasteiger partial charge in [0, 0.05) is 5.69 Å². The van der Waals surface area contributed by atoms with Crippen LogP contribution in [0.25, 0.3) is 0 Å². The van der Waals surface area contributed by atoms with Gasteiger partial charge in [-0.05, 0) is 24.6 Å². The predicted molar refractivity (Wildman–Crippen MR) is 51.3 cm³/mol. The molecule has 0 amide bonds. The summed E-state index contributed by atoms with van der Waals surface area (Å²) >= 11 is 0. The molecule has 0 radical (unpaired) electrons. The van der Waals surface area contributed by atoms with Gasteiger partial charge >= 0.3 is 6.18 Å². The van der Waals surface area contributed by atoms with Crippen LogP contribution in [0.2, 0.25) is 0 Å². The fourth-order valence-electron chi connectivity index (χ4n) is 1.13. The molecule has 5 heteroatoms. The van der Waals surface area contributed by atoms with Crippen molar-refractivity contribution < 1.29 is 17.9 Å². The lowest BCUT2D eigenvalue weighted by molar-refractivity contribution is -0.184. The van der Waals surface area contributed by atoms with Crippen LogP contribution < -0.4 is 5.73 Å². The Labute approximate surface area is 85.8 Å². The van der Waals surface area contributed by atoms with Gasteiger partial charge in [0.15, 0.2) is 0 Å². The second kappa shape index (κ2) is 4.53. The Morgan fingerprint density at radius 3 is 2.60 bits per heavy atom. The third-order valence-electron chi connectivity index (χ3n) is 1.88. The number of hydrogen-bond donors (Lipinski definition) is 1. The standard InChI is InChI=1S/C10H12F3NO/c1-7(15-6-10(11,12)13)8-3-2-4-9(14)5-8/h2-5,7H,6,14H2,1H3. The highest BCUT2D eigenvalue weighted by Crippen LogP contribution is 2.23. The number of benzene rings is 1. The number of nitrogens with two attached hydrogens (primary N) is 1. The Bertz CT molecular complexity index is 325. The fourth-order valence-corrected chi connectivity index (χ4v) is 1.13. The van der Waals surface area contributed by atoms with Crippen LogP contribution in [-0.4, -0.2) is 12.8 Å². The Morgan fingerprint density at radius 2 is 2.07 bits per heavy atom. The molecule has 2 N–H and O–H groups in total. The average molecular weight is 219 g/mol. The molecule has 0 aliphatic carbocycles. The molecular formula is C10H12F3NO. The third kappa shape index (κ3) is 4.20. The Morgan fingerprint density at radius 1 is 1.40 bits per heavy atom. The first kappa shape index (κ1) is 11.8. The molecule has 0 saturated heterocycles. The molecule has 0 heterocycles. The number of ether oxygens (including phenoxy) is 1. The first-order chi connectivity index (χ1) is 6.88. The van der Waals surface area contributed by atoms with Crippen LogP contribution in [0.5, 0.6) is 0 Å². The molecule has 1 atom stereocenters. The number of rotatable bonds is 3. The topological polar surface area (TPSA) is 35.2 Å². The fraction of sp³-hybridized carbons (Fsp3) is 0.400. The molecule has 0 saturated carbocycles. The zero-order chi connectivity index (χ0) is 11.5. The maximum Gasteiger partial charge on any atom is 0.411 e. The Kier molecular flexibility index (Phi) is 3.57. The summed E-state index contributed by atoms with van der Waals surface area (Å²) in [6.07, 6.45) is -4.91. The summed E-state index contributed by atoms with van der Waals surface area (Å²) in [4.78, 5) is 0. The van der Waals surface area contributed by atoms with E-state index in [2.05, 4.69) is 4.74 Å². The quantitative estimate of drug-likeness (QED) is 0.793. The van der Waals surface area contributed by atoms with Gasteiger partial charge in [0.25, 0.3) is 0 Å². The van der Waals surface area contributed by atoms with E-state index in [-0.39, 0.29) is 0 Å². The highest BCUT2D eigenvalue weighted by atomic mass is 19.4. The number of hydrogen-bond acceptors (Lipinski definition) is 2. The van der Waals surface area contributed by atoms with Crippen LogP contribution >= 0.6 is 0 Å². The van der Waals surface area contributed by atoms with Crippen LogP contribution in [0.4, 0.5) is 18.9 Å². The summed E-state index contributed by atoms with van der Waals surface area (Å²) in [5.41, 5.74) is 6.65. The highest BCUT2D eigenvalue weighted by molar-refractivity contribution is 5.41. The Balaban J connectivity index is 2.58. The molecule has 0 aliphatic rings. The summed E-state index contributed by atoms with van der Waals surface area (Å²) in [7, 11) is 0. The van der Waals surface area contributed by atoms with Gasteiger partial charge in [-0.1, -0.05) is 12.1 Å². The minimum atomic E-state index is -4.30. The summed E-state index contributed by atoms with van der Waals surface area (Å²) in [6, 6.07) is 6.62.